The summed E-state index contributed by atoms with van der Waals surface area (Å²) in [5.74, 6) is -2.51. The van der Waals surface area contributed by atoms with E-state index in [2.05, 4.69) is 5.32 Å². The Morgan fingerprint density at radius 3 is 2.86 bits per heavy atom. The van der Waals surface area contributed by atoms with Crippen molar-refractivity contribution in [3.63, 3.8) is 0 Å². The van der Waals surface area contributed by atoms with Gasteiger partial charge < -0.3 is 10.4 Å². The number of nitrogens with one attached hydrogen (secondary N) is 1. The largest absolute Gasteiger partial charge is 0.376 e. The maximum absolute atomic E-state index is 13.3. The number of halogens is 1. The SMILES string of the molecule is O=C1C=CC=C2NC(=O)C(O)C(F)=C12. The van der Waals surface area contributed by atoms with Crippen LogP contribution in [-0.2, 0) is 9.59 Å². The highest BCUT2D eigenvalue weighted by atomic mass is 19.1. The summed E-state index contributed by atoms with van der Waals surface area (Å²) >= 11 is 0. The molecular weight excluding hydrogens is 189 g/mol. The number of ketones is 1. The van der Waals surface area contributed by atoms with Gasteiger partial charge in [0.2, 0.25) is 0 Å². The molecule has 0 saturated carbocycles. The van der Waals surface area contributed by atoms with Gasteiger partial charge >= 0.3 is 0 Å². The zero-order chi connectivity index (χ0) is 10.3. The number of aliphatic hydroxyl groups excluding tert-OH is 1. The summed E-state index contributed by atoms with van der Waals surface area (Å²) in [6.07, 6.45) is 2.10. The first-order valence-electron chi connectivity index (χ1n) is 3.93. The highest BCUT2D eigenvalue weighted by Gasteiger charge is 2.34. The third kappa shape index (κ3) is 1.10. The highest BCUT2D eigenvalue weighted by Crippen LogP contribution is 2.25. The smallest absolute Gasteiger partial charge is 0.260 e. The minimum absolute atomic E-state index is 0.102. The summed E-state index contributed by atoms with van der Waals surface area (Å²) in [5, 5.41) is 11.3. The number of hydrogen-bond donors (Lipinski definition) is 2. The predicted molar refractivity (Wildman–Crippen MR) is 44.5 cm³/mol. The summed E-state index contributed by atoms with van der Waals surface area (Å²) in [5.41, 5.74) is -0.162. The van der Waals surface area contributed by atoms with Crippen LogP contribution in [0.25, 0.3) is 0 Å². The van der Waals surface area contributed by atoms with Crippen LogP contribution in [-0.4, -0.2) is 22.9 Å². The van der Waals surface area contributed by atoms with E-state index in [-0.39, 0.29) is 11.3 Å². The normalized spacial score (nSPS) is 25.9. The maximum atomic E-state index is 13.3. The summed E-state index contributed by atoms with van der Waals surface area (Å²) in [6, 6.07) is 0. The van der Waals surface area contributed by atoms with E-state index in [1.165, 1.54) is 18.2 Å². The molecule has 0 saturated heterocycles. The van der Waals surface area contributed by atoms with Gasteiger partial charge in [0.1, 0.15) is 0 Å². The minimum Gasteiger partial charge on any atom is -0.376 e. The van der Waals surface area contributed by atoms with Crippen molar-refractivity contribution in [1.29, 1.82) is 0 Å². The number of allylic oxidation sites excluding steroid dienone is 4. The third-order valence-electron chi connectivity index (χ3n) is 2.01. The Morgan fingerprint density at radius 1 is 1.43 bits per heavy atom. The number of carbonyl (C=O) groups excluding carboxylic acids is 2. The fourth-order valence-corrected chi connectivity index (χ4v) is 1.33. The van der Waals surface area contributed by atoms with Gasteiger partial charge in [-0.05, 0) is 12.2 Å². The molecule has 0 aromatic carbocycles. The predicted octanol–water partition coefficient (Wildman–Crippen LogP) is -0.277. The molecule has 0 spiro atoms. The molecule has 4 nitrogen and oxygen atoms in total. The lowest BCUT2D eigenvalue weighted by Crippen LogP contribution is -2.41. The highest BCUT2D eigenvalue weighted by molar-refractivity contribution is 6.11. The number of rotatable bonds is 0. The van der Waals surface area contributed by atoms with Crippen LogP contribution in [0, 0.1) is 0 Å². The fraction of sp³-hybridized carbons (Fsp3) is 0.111. The summed E-state index contributed by atoms with van der Waals surface area (Å²) in [4.78, 5) is 22.2. The molecule has 1 atom stereocenters. The molecule has 1 aliphatic heterocycles. The Hall–Kier alpha value is -1.75. The average molecular weight is 195 g/mol. The fourth-order valence-electron chi connectivity index (χ4n) is 1.33. The molecular formula is C9H6FNO3. The Labute approximate surface area is 78.4 Å². The number of carbonyl (C=O) groups is 2. The van der Waals surface area contributed by atoms with Gasteiger partial charge in [-0.1, -0.05) is 6.08 Å². The van der Waals surface area contributed by atoms with E-state index in [0.717, 1.165) is 0 Å². The van der Waals surface area contributed by atoms with Crippen LogP contribution in [0.2, 0.25) is 0 Å². The van der Waals surface area contributed by atoms with Crippen molar-refractivity contribution in [2.75, 3.05) is 0 Å². The molecule has 0 aromatic rings. The van der Waals surface area contributed by atoms with Crippen molar-refractivity contribution in [3.05, 3.63) is 35.3 Å². The van der Waals surface area contributed by atoms with Crippen LogP contribution in [0.5, 0.6) is 0 Å². The second-order valence-corrected chi connectivity index (χ2v) is 2.92. The molecule has 72 valence electrons. The van der Waals surface area contributed by atoms with Crippen molar-refractivity contribution in [1.82, 2.24) is 5.32 Å². The van der Waals surface area contributed by atoms with E-state index in [1.54, 1.807) is 0 Å². The molecule has 1 amide bonds. The maximum Gasteiger partial charge on any atom is 0.260 e. The van der Waals surface area contributed by atoms with Gasteiger partial charge in [-0.25, -0.2) is 4.39 Å². The van der Waals surface area contributed by atoms with Gasteiger partial charge in [-0.15, -0.1) is 0 Å². The second kappa shape index (κ2) is 2.88. The number of amides is 1. The van der Waals surface area contributed by atoms with Gasteiger partial charge in [-0.2, -0.15) is 0 Å². The minimum atomic E-state index is -1.88. The zero-order valence-corrected chi connectivity index (χ0v) is 6.95. The Kier molecular flexibility index (Phi) is 1.82. The standard InChI is InChI=1S/C9H6FNO3/c10-7-6-4(2-1-3-5(6)12)11-9(14)8(7)13/h1-3,8,13H,(H,11,14). The monoisotopic (exact) mass is 195 g/mol. The summed E-state index contributed by atoms with van der Waals surface area (Å²) in [6.45, 7) is 0. The first kappa shape index (κ1) is 8.83. The number of fused-ring (bicyclic) bond motifs is 1. The molecule has 14 heavy (non-hydrogen) atoms. The molecule has 2 aliphatic rings. The van der Waals surface area contributed by atoms with Crippen LogP contribution in [0.4, 0.5) is 4.39 Å². The van der Waals surface area contributed by atoms with E-state index >= 15 is 0 Å². The molecule has 5 heteroatoms. The van der Waals surface area contributed by atoms with E-state index in [0.29, 0.717) is 0 Å². The van der Waals surface area contributed by atoms with E-state index in [4.69, 9.17) is 5.11 Å². The van der Waals surface area contributed by atoms with Crippen LogP contribution in [0.3, 0.4) is 0 Å². The van der Waals surface area contributed by atoms with Crippen molar-refractivity contribution >= 4 is 11.7 Å². The summed E-state index contributed by atoms with van der Waals surface area (Å²) < 4.78 is 13.3. The number of hydrogen-bond acceptors (Lipinski definition) is 3. The molecule has 0 radical (unpaired) electrons. The third-order valence-corrected chi connectivity index (χ3v) is 2.01. The molecule has 0 fully saturated rings. The molecule has 1 heterocycles. The first-order chi connectivity index (χ1) is 6.61. The van der Waals surface area contributed by atoms with E-state index in [9.17, 15) is 14.0 Å². The van der Waals surface area contributed by atoms with E-state index < -0.39 is 23.6 Å². The van der Waals surface area contributed by atoms with Crippen LogP contribution in [0.15, 0.2) is 35.3 Å². The van der Waals surface area contributed by atoms with Crippen LogP contribution in [0.1, 0.15) is 0 Å². The molecule has 1 aliphatic carbocycles. The average Bonchev–Trinajstić information content (AvgIpc) is 2.14. The van der Waals surface area contributed by atoms with Crippen molar-refractivity contribution in [3.8, 4) is 0 Å². The van der Waals surface area contributed by atoms with E-state index in [1.807, 2.05) is 0 Å². The molecule has 2 N–H and O–H groups in total. The lowest BCUT2D eigenvalue weighted by molar-refractivity contribution is -0.128. The molecule has 2 rings (SSSR count). The van der Waals surface area contributed by atoms with Gasteiger partial charge in [-0.3, -0.25) is 9.59 Å². The lowest BCUT2D eigenvalue weighted by Gasteiger charge is -2.22. The first-order valence-corrected chi connectivity index (χ1v) is 3.93. The molecule has 1 unspecified atom stereocenters. The quantitative estimate of drug-likeness (QED) is 0.558. The second-order valence-electron chi connectivity index (χ2n) is 2.92. The van der Waals surface area contributed by atoms with Gasteiger partial charge in [0.25, 0.3) is 5.91 Å². The van der Waals surface area contributed by atoms with Crippen LogP contribution >= 0.6 is 0 Å². The van der Waals surface area contributed by atoms with Crippen molar-refractivity contribution < 1.29 is 19.1 Å². The van der Waals surface area contributed by atoms with Crippen molar-refractivity contribution in [2.24, 2.45) is 0 Å². The van der Waals surface area contributed by atoms with Gasteiger partial charge in [0.05, 0.1) is 11.3 Å². The Balaban J connectivity index is 2.58. The van der Waals surface area contributed by atoms with Crippen molar-refractivity contribution in [2.45, 2.75) is 6.10 Å². The zero-order valence-electron chi connectivity index (χ0n) is 6.95. The van der Waals surface area contributed by atoms with Crippen LogP contribution < -0.4 is 5.32 Å². The Bertz CT molecular complexity index is 420. The topological polar surface area (TPSA) is 66.4 Å². The summed E-state index contributed by atoms with van der Waals surface area (Å²) in [7, 11) is 0. The van der Waals surface area contributed by atoms with Gasteiger partial charge in [0.15, 0.2) is 17.7 Å². The number of aliphatic hydroxyl groups is 1. The molecule has 0 bridgehead atoms. The lowest BCUT2D eigenvalue weighted by atomic mass is 9.96. The van der Waals surface area contributed by atoms with Gasteiger partial charge in [0, 0.05) is 0 Å². The molecule has 0 aromatic heterocycles. The Morgan fingerprint density at radius 2 is 2.14 bits per heavy atom.